The van der Waals surface area contributed by atoms with Crippen LogP contribution >= 0.6 is 0 Å². The molecular formula is C24H36O. The molecule has 3 aliphatic carbocycles. The van der Waals surface area contributed by atoms with Gasteiger partial charge < -0.3 is 5.11 Å². The summed E-state index contributed by atoms with van der Waals surface area (Å²) in [4.78, 5) is 0. The first-order chi connectivity index (χ1) is 12.0. The van der Waals surface area contributed by atoms with Crippen molar-refractivity contribution in [1.82, 2.24) is 0 Å². The summed E-state index contributed by atoms with van der Waals surface area (Å²) in [5, 5.41) is 9.96. The summed E-state index contributed by atoms with van der Waals surface area (Å²) in [6.45, 7) is 13.1. The maximum Gasteiger partial charge on any atom is 0.0583 e. The maximum absolute atomic E-state index is 9.96. The molecule has 3 fully saturated rings. The zero-order chi connectivity index (χ0) is 18.0. The average Bonchev–Trinajstić information content (AvgIpc) is 2.93. The van der Waals surface area contributed by atoms with Crippen molar-refractivity contribution in [3.63, 3.8) is 0 Å². The summed E-state index contributed by atoms with van der Waals surface area (Å²) >= 11 is 0. The van der Waals surface area contributed by atoms with Crippen molar-refractivity contribution in [2.45, 2.75) is 77.7 Å². The predicted octanol–water partition coefficient (Wildman–Crippen LogP) is 6.37. The van der Waals surface area contributed by atoms with Crippen molar-refractivity contribution < 1.29 is 5.11 Å². The van der Waals surface area contributed by atoms with Crippen LogP contribution < -0.4 is 0 Å². The Morgan fingerprint density at radius 2 is 2.04 bits per heavy atom. The van der Waals surface area contributed by atoms with E-state index in [1.807, 2.05) is 0 Å². The van der Waals surface area contributed by atoms with Crippen LogP contribution in [-0.2, 0) is 0 Å². The van der Waals surface area contributed by atoms with Crippen LogP contribution in [0, 0.1) is 23.2 Å². The van der Waals surface area contributed by atoms with Crippen molar-refractivity contribution in [1.29, 1.82) is 0 Å². The fourth-order valence-electron chi connectivity index (χ4n) is 6.04. The minimum absolute atomic E-state index is 0.178. The van der Waals surface area contributed by atoms with Crippen LogP contribution in [0.4, 0.5) is 0 Å². The number of hydrogen-bond acceptors (Lipinski definition) is 1. The highest BCUT2D eigenvalue weighted by Crippen LogP contribution is 2.59. The van der Waals surface area contributed by atoms with Gasteiger partial charge in [-0.05, 0) is 86.5 Å². The van der Waals surface area contributed by atoms with E-state index in [2.05, 4.69) is 45.2 Å². The van der Waals surface area contributed by atoms with E-state index in [1.54, 1.807) is 5.57 Å². The molecule has 1 heteroatoms. The second-order valence-corrected chi connectivity index (χ2v) is 9.03. The molecule has 0 amide bonds. The Labute approximate surface area is 154 Å². The minimum atomic E-state index is -0.178. The normalized spacial score (nSPS) is 40.3. The Morgan fingerprint density at radius 3 is 2.80 bits per heavy atom. The van der Waals surface area contributed by atoms with Gasteiger partial charge in [-0.1, -0.05) is 49.8 Å². The van der Waals surface area contributed by atoms with Gasteiger partial charge >= 0.3 is 0 Å². The average molecular weight is 341 g/mol. The van der Waals surface area contributed by atoms with E-state index >= 15 is 0 Å². The second kappa shape index (κ2) is 7.66. The number of hydrogen-bond donors (Lipinski definition) is 1. The fourth-order valence-corrected chi connectivity index (χ4v) is 6.04. The molecule has 0 aromatic rings. The van der Waals surface area contributed by atoms with Crippen molar-refractivity contribution in [3.8, 4) is 0 Å². The molecule has 0 saturated heterocycles. The highest BCUT2D eigenvalue weighted by molar-refractivity contribution is 5.36. The lowest BCUT2D eigenvalue weighted by molar-refractivity contribution is 0.0985. The monoisotopic (exact) mass is 340 g/mol. The zero-order valence-corrected chi connectivity index (χ0v) is 16.3. The van der Waals surface area contributed by atoms with Gasteiger partial charge in [0.2, 0.25) is 0 Å². The van der Waals surface area contributed by atoms with Gasteiger partial charge in [0.1, 0.15) is 0 Å². The molecule has 0 spiro atoms. The van der Waals surface area contributed by atoms with E-state index in [1.165, 1.54) is 43.3 Å². The molecule has 0 radical (unpaired) electrons. The number of allylic oxidation sites excluding steroid dienone is 5. The molecular weight excluding hydrogens is 304 g/mol. The SMILES string of the molecule is C=CC[C@@H](C)[C@H]1CC[C@H]2/C(=C/C=C3/C[C@@H](O)CCC3=C)CCC[C@]12C. The maximum atomic E-state index is 9.96. The predicted molar refractivity (Wildman–Crippen MR) is 107 cm³/mol. The van der Waals surface area contributed by atoms with Crippen LogP contribution in [0.5, 0.6) is 0 Å². The summed E-state index contributed by atoms with van der Waals surface area (Å²) in [6, 6.07) is 0. The molecule has 3 saturated carbocycles. The van der Waals surface area contributed by atoms with Crippen LogP contribution in [0.25, 0.3) is 0 Å². The van der Waals surface area contributed by atoms with Gasteiger partial charge in [-0.2, -0.15) is 0 Å². The van der Waals surface area contributed by atoms with E-state index in [0.29, 0.717) is 5.41 Å². The van der Waals surface area contributed by atoms with Crippen molar-refractivity contribution in [2.75, 3.05) is 0 Å². The molecule has 25 heavy (non-hydrogen) atoms. The molecule has 1 N–H and O–H groups in total. The lowest BCUT2D eigenvalue weighted by atomic mass is 9.61. The Hall–Kier alpha value is -1.08. The van der Waals surface area contributed by atoms with Crippen molar-refractivity contribution in [2.24, 2.45) is 23.2 Å². The van der Waals surface area contributed by atoms with E-state index in [0.717, 1.165) is 43.4 Å². The summed E-state index contributed by atoms with van der Waals surface area (Å²) < 4.78 is 0. The topological polar surface area (TPSA) is 20.2 Å². The molecule has 5 atom stereocenters. The molecule has 0 heterocycles. The van der Waals surface area contributed by atoms with E-state index < -0.39 is 0 Å². The van der Waals surface area contributed by atoms with E-state index in [9.17, 15) is 5.11 Å². The molecule has 0 unspecified atom stereocenters. The molecule has 0 bridgehead atoms. The van der Waals surface area contributed by atoms with Gasteiger partial charge in [0.15, 0.2) is 0 Å². The van der Waals surface area contributed by atoms with Gasteiger partial charge in [0.25, 0.3) is 0 Å². The molecule has 3 aliphatic rings. The summed E-state index contributed by atoms with van der Waals surface area (Å²) in [7, 11) is 0. The molecule has 0 aromatic carbocycles. The zero-order valence-electron chi connectivity index (χ0n) is 16.3. The molecule has 0 aliphatic heterocycles. The quantitative estimate of drug-likeness (QED) is 0.590. The van der Waals surface area contributed by atoms with Gasteiger partial charge in [0.05, 0.1) is 6.10 Å². The third-order valence-corrected chi connectivity index (χ3v) is 7.45. The van der Waals surface area contributed by atoms with Gasteiger partial charge in [0, 0.05) is 0 Å². The van der Waals surface area contributed by atoms with Crippen LogP contribution in [0.3, 0.4) is 0 Å². The smallest absolute Gasteiger partial charge is 0.0583 e. The highest BCUT2D eigenvalue weighted by Gasteiger charge is 2.50. The van der Waals surface area contributed by atoms with Gasteiger partial charge in [-0.3, -0.25) is 0 Å². The molecule has 1 nitrogen and oxygen atoms in total. The summed E-state index contributed by atoms with van der Waals surface area (Å²) in [5.74, 6) is 2.33. The third kappa shape index (κ3) is 3.72. The standard InChI is InChI=1S/C24H36O/c1-5-7-18(3)22-13-14-23-19(8-6-15-24(22,23)4)10-11-20-16-21(25)12-9-17(20)2/h5,10-11,18,21-23,25H,1-2,6-9,12-16H2,3-4H3/b19-10+,20-11-/t18-,21+,22-,23+,24-/m1/s1. The fraction of sp³-hybridized carbons (Fsp3) is 0.667. The Kier molecular flexibility index (Phi) is 5.73. The summed E-state index contributed by atoms with van der Waals surface area (Å²) in [6.07, 6.45) is 17.0. The Bertz CT molecular complexity index is 581. The number of aliphatic hydroxyl groups is 1. The van der Waals surface area contributed by atoms with Crippen molar-refractivity contribution >= 4 is 0 Å². The van der Waals surface area contributed by atoms with E-state index in [-0.39, 0.29) is 6.10 Å². The third-order valence-electron chi connectivity index (χ3n) is 7.45. The number of fused-ring (bicyclic) bond motifs is 1. The van der Waals surface area contributed by atoms with Gasteiger partial charge in [-0.25, -0.2) is 0 Å². The van der Waals surface area contributed by atoms with E-state index in [4.69, 9.17) is 0 Å². The van der Waals surface area contributed by atoms with Crippen molar-refractivity contribution in [3.05, 3.63) is 48.1 Å². The Morgan fingerprint density at radius 1 is 1.24 bits per heavy atom. The van der Waals surface area contributed by atoms with Crippen LogP contribution in [0.1, 0.15) is 71.6 Å². The first-order valence-corrected chi connectivity index (χ1v) is 10.3. The Balaban J connectivity index is 1.80. The first-order valence-electron chi connectivity index (χ1n) is 10.3. The largest absolute Gasteiger partial charge is 0.393 e. The summed E-state index contributed by atoms with van der Waals surface area (Å²) in [5.41, 5.74) is 4.62. The molecule has 138 valence electrons. The second-order valence-electron chi connectivity index (χ2n) is 9.03. The first kappa shape index (κ1) is 18.7. The number of rotatable bonds is 4. The molecule has 0 aromatic heterocycles. The minimum Gasteiger partial charge on any atom is -0.393 e. The van der Waals surface area contributed by atoms with Gasteiger partial charge in [-0.15, -0.1) is 6.58 Å². The van der Waals surface area contributed by atoms with Crippen LogP contribution in [0.2, 0.25) is 0 Å². The van der Waals surface area contributed by atoms with Crippen LogP contribution in [0.15, 0.2) is 48.1 Å². The number of aliphatic hydroxyl groups excluding tert-OH is 1. The molecule has 3 rings (SSSR count). The lowest BCUT2D eigenvalue weighted by Gasteiger charge is -2.44. The lowest BCUT2D eigenvalue weighted by Crippen LogP contribution is -2.35. The highest BCUT2D eigenvalue weighted by atomic mass is 16.3. The van der Waals surface area contributed by atoms with Crippen LogP contribution in [-0.4, -0.2) is 11.2 Å².